The second kappa shape index (κ2) is 8.32. The molecule has 32 heavy (non-hydrogen) atoms. The molecule has 2 aromatic carbocycles. The number of hydrogen-bond acceptors (Lipinski definition) is 4. The highest BCUT2D eigenvalue weighted by Crippen LogP contribution is 2.28. The second-order valence-electron chi connectivity index (χ2n) is 9.05. The molecule has 5 heteroatoms. The number of aromatic hydroxyl groups is 1. The lowest BCUT2D eigenvalue weighted by molar-refractivity contribution is 0.206. The molecule has 0 bridgehead atoms. The van der Waals surface area contributed by atoms with Crippen LogP contribution in [-0.4, -0.2) is 51.6 Å². The number of nitrogens with zero attached hydrogens (tertiary/aromatic N) is 4. The predicted molar refractivity (Wildman–Crippen MR) is 130 cm³/mol. The first-order chi connectivity index (χ1) is 15.5. The first-order valence-corrected chi connectivity index (χ1v) is 11.3. The zero-order valence-corrected chi connectivity index (χ0v) is 18.9. The zero-order valence-electron chi connectivity index (χ0n) is 18.9. The summed E-state index contributed by atoms with van der Waals surface area (Å²) in [5.41, 5.74) is 6.71. The van der Waals surface area contributed by atoms with Gasteiger partial charge in [-0.2, -0.15) is 0 Å². The number of pyridine rings is 1. The van der Waals surface area contributed by atoms with Crippen LogP contribution in [0.2, 0.25) is 0 Å². The van der Waals surface area contributed by atoms with Crippen molar-refractivity contribution in [1.82, 2.24) is 14.3 Å². The Kier molecular flexibility index (Phi) is 5.35. The molecule has 1 N–H and O–H groups in total. The minimum absolute atomic E-state index is 0.268. The van der Waals surface area contributed by atoms with Crippen molar-refractivity contribution in [2.24, 2.45) is 0 Å². The van der Waals surface area contributed by atoms with Crippen LogP contribution < -0.4 is 4.90 Å². The molecule has 1 aliphatic heterocycles. The molecule has 1 aliphatic rings. The Morgan fingerprint density at radius 3 is 2.56 bits per heavy atom. The van der Waals surface area contributed by atoms with E-state index < -0.39 is 0 Å². The van der Waals surface area contributed by atoms with Gasteiger partial charge in [0.2, 0.25) is 0 Å². The standard InChI is InChI=1S/C27H30N4O/c1-19-18-31(20(2)17-29(19)3)24-10-7-21(8-11-24)15-23-9-12-26(30-14-13-28-27(23)30)22-5-4-6-25(32)16-22/h4-14,16,19-20,32H,15,17-18H2,1-3H3. The maximum Gasteiger partial charge on any atom is 0.140 e. The van der Waals surface area contributed by atoms with Gasteiger partial charge in [-0.25, -0.2) is 4.98 Å². The maximum atomic E-state index is 9.88. The third-order valence-corrected chi connectivity index (χ3v) is 6.73. The highest BCUT2D eigenvalue weighted by Gasteiger charge is 2.26. The van der Waals surface area contributed by atoms with E-state index in [0.717, 1.165) is 36.4 Å². The average molecular weight is 427 g/mol. The van der Waals surface area contributed by atoms with Crippen molar-refractivity contribution in [3.63, 3.8) is 0 Å². The highest BCUT2D eigenvalue weighted by molar-refractivity contribution is 5.67. The molecule has 2 aromatic heterocycles. The van der Waals surface area contributed by atoms with Gasteiger partial charge in [0, 0.05) is 55.2 Å². The quantitative estimate of drug-likeness (QED) is 0.508. The van der Waals surface area contributed by atoms with Gasteiger partial charge in [-0.1, -0.05) is 30.3 Å². The Morgan fingerprint density at radius 2 is 1.78 bits per heavy atom. The summed E-state index contributed by atoms with van der Waals surface area (Å²) in [5.74, 6) is 0.268. The van der Waals surface area contributed by atoms with Gasteiger partial charge < -0.3 is 10.0 Å². The number of benzene rings is 2. The number of piperazine rings is 1. The largest absolute Gasteiger partial charge is 0.508 e. The Hall–Kier alpha value is -3.31. The van der Waals surface area contributed by atoms with Gasteiger partial charge in [0.25, 0.3) is 0 Å². The number of phenols is 1. The molecular weight excluding hydrogens is 396 g/mol. The van der Waals surface area contributed by atoms with Gasteiger partial charge in [-0.15, -0.1) is 0 Å². The van der Waals surface area contributed by atoms with E-state index in [1.54, 1.807) is 12.1 Å². The van der Waals surface area contributed by atoms with E-state index in [9.17, 15) is 5.11 Å². The molecule has 2 atom stereocenters. The van der Waals surface area contributed by atoms with Crippen molar-refractivity contribution in [3.8, 4) is 17.0 Å². The molecule has 5 nitrogen and oxygen atoms in total. The topological polar surface area (TPSA) is 44.0 Å². The van der Waals surface area contributed by atoms with Crippen LogP contribution in [0.25, 0.3) is 16.9 Å². The van der Waals surface area contributed by atoms with Gasteiger partial charge in [0.05, 0.1) is 5.69 Å². The van der Waals surface area contributed by atoms with E-state index in [1.807, 2.05) is 24.5 Å². The third-order valence-electron chi connectivity index (χ3n) is 6.73. The van der Waals surface area contributed by atoms with Crippen LogP contribution in [-0.2, 0) is 6.42 Å². The number of fused-ring (bicyclic) bond motifs is 1. The molecule has 0 radical (unpaired) electrons. The minimum atomic E-state index is 0.268. The van der Waals surface area contributed by atoms with E-state index in [2.05, 4.69) is 76.5 Å². The first-order valence-electron chi connectivity index (χ1n) is 11.3. The number of likely N-dealkylation sites (N-methyl/N-ethyl adjacent to an activating group) is 1. The highest BCUT2D eigenvalue weighted by atomic mass is 16.3. The molecular formula is C27H30N4O. The van der Waals surface area contributed by atoms with Gasteiger partial charge in [-0.3, -0.25) is 9.30 Å². The van der Waals surface area contributed by atoms with Crippen LogP contribution in [0.1, 0.15) is 25.0 Å². The van der Waals surface area contributed by atoms with Crippen LogP contribution >= 0.6 is 0 Å². The molecule has 1 fully saturated rings. The fourth-order valence-electron chi connectivity index (χ4n) is 4.79. The lowest BCUT2D eigenvalue weighted by Crippen LogP contribution is -2.55. The molecule has 1 saturated heterocycles. The molecule has 4 aromatic rings. The van der Waals surface area contributed by atoms with Gasteiger partial charge in [-0.05, 0) is 62.4 Å². The number of phenolic OH excluding ortho intramolecular Hbond substituents is 1. The smallest absolute Gasteiger partial charge is 0.140 e. The van der Waals surface area contributed by atoms with Gasteiger partial charge >= 0.3 is 0 Å². The number of aromatic nitrogens is 2. The van der Waals surface area contributed by atoms with E-state index in [1.165, 1.54) is 16.8 Å². The molecule has 3 heterocycles. The Labute approximate surface area is 189 Å². The third kappa shape index (κ3) is 3.84. The van der Waals surface area contributed by atoms with Crippen LogP contribution in [0.15, 0.2) is 73.1 Å². The van der Waals surface area contributed by atoms with Crippen LogP contribution in [0.3, 0.4) is 0 Å². The zero-order chi connectivity index (χ0) is 22.2. The van der Waals surface area contributed by atoms with Crippen LogP contribution in [0.4, 0.5) is 5.69 Å². The Balaban J connectivity index is 1.40. The van der Waals surface area contributed by atoms with Crippen molar-refractivity contribution in [1.29, 1.82) is 0 Å². The number of hydrogen-bond donors (Lipinski definition) is 1. The first kappa shape index (κ1) is 20.6. The van der Waals surface area contributed by atoms with Crippen molar-refractivity contribution in [3.05, 3.63) is 84.2 Å². The molecule has 5 rings (SSSR count). The summed E-state index contributed by atoms with van der Waals surface area (Å²) in [6.45, 7) is 6.75. The number of rotatable bonds is 4. The molecule has 0 saturated carbocycles. The normalized spacial score (nSPS) is 19.5. The molecule has 2 unspecified atom stereocenters. The second-order valence-corrected chi connectivity index (χ2v) is 9.05. The monoisotopic (exact) mass is 426 g/mol. The molecule has 0 amide bonds. The fraction of sp³-hybridized carbons (Fsp3) is 0.296. The number of imidazole rings is 1. The van der Waals surface area contributed by atoms with Crippen molar-refractivity contribution >= 4 is 11.3 Å². The summed E-state index contributed by atoms with van der Waals surface area (Å²) in [5, 5.41) is 9.88. The lowest BCUT2D eigenvalue weighted by Gasteiger charge is -2.43. The van der Waals surface area contributed by atoms with Crippen molar-refractivity contribution < 1.29 is 5.11 Å². The van der Waals surface area contributed by atoms with E-state index >= 15 is 0 Å². The Morgan fingerprint density at radius 1 is 0.969 bits per heavy atom. The summed E-state index contributed by atoms with van der Waals surface area (Å²) in [7, 11) is 2.21. The van der Waals surface area contributed by atoms with Crippen LogP contribution in [0.5, 0.6) is 5.75 Å². The number of anilines is 1. The van der Waals surface area contributed by atoms with E-state index in [4.69, 9.17) is 0 Å². The summed E-state index contributed by atoms with van der Waals surface area (Å²) in [6.07, 6.45) is 4.65. The van der Waals surface area contributed by atoms with E-state index in [0.29, 0.717) is 12.1 Å². The summed E-state index contributed by atoms with van der Waals surface area (Å²) in [6, 6.07) is 21.7. The minimum Gasteiger partial charge on any atom is -0.508 e. The van der Waals surface area contributed by atoms with E-state index in [-0.39, 0.29) is 5.75 Å². The maximum absolute atomic E-state index is 9.88. The van der Waals surface area contributed by atoms with Gasteiger partial charge in [0.1, 0.15) is 11.4 Å². The molecule has 164 valence electrons. The molecule has 0 aliphatic carbocycles. The Bertz CT molecular complexity index is 1230. The predicted octanol–water partition coefficient (Wildman–Crippen LogP) is 4.83. The molecule has 0 spiro atoms. The van der Waals surface area contributed by atoms with Crippen LogP contribution in [0, 0.1) is 0 Å². The average Bonchev–Trinajstić information content (AvgIpc) is 3.28. The summed E-state index contributed by atoms with van der Waals surface area (Å²) >= 11 is 0. The summed E-state index contributed by atoms with van der Waals surface area (Å²) < 4.78 is 2.10. The van der Waals surface area contributed by atoms with Crippen molar-refractivity contribution in [2.75, 3.05) is 25.0 Å². The summed E-state index contributed by atoms with van der Waals surface area (Å²) in [4.78, 5) is 9.58. The lowest BCUT2D eigenvalue weighted by atomic mass is 10.0. The SMILES string of the molecule is CC1CN(c2ccc(Cc3ccc(-c4cccc(O)c4)n4ccnc34)cc2)C(C)CN1C. The fourth-order valence-corrected chi connectivity index (χ4v) is 4.79. The van der Waals surface area contributed by atoms with Crippen molar-refractivity contribution in [2.45, 2.75) is 32.4 Å². The van der Waals surface area contributed by atoms with Gasteiger partial charge in [0.15, 0.2) is 0 Å².